The second-order valence-electron chi connectivity index (χ2n) is 6.44. The van der Waals surface area contributed by atoms with Gasteiger partial charge in [-0.1, -0.05) is 13.8 Å². The quantitative estimate of drug-likeness (QED) is 0.869. The van der Waals surface area contributed by atoms with Crippen LogP contribution in [0.2, 0.25) is 0 Å². The Kier molecular flexibility index (Phi) is 7.53. The summed E-state index contributed by atoms with van der Waals surface area (Å²) in [7, 11) is 0. The van der Waals surface area contributed by atoms with Gasteiger partial charge in [0.05, 0.1) is 31.1 Å². The first-order valence-electron chi connectivity index (χ1n) is 7.86. The largest absolute Gasteiger partial charge is 0.488 e. The summed E-state index contributed by atoms with van der Waals surface area (Å²) in [5.41, 5.74) is 0. The number of aromatic nitrogens is 2. The Morgan fingerprint density at radius 1 is 1.23 bits per heavy atom. The van der Waals surface area contributed by atoms with Gasteiger partial charge >= 0.3 is 0 Å². The van der Waals surface area contributed by atoms with Crippen LogP contribution in [-0.2, 0) is 0 Å². The van der Waals surface area contributed by atoms with Crippen LogP contribution in [0.25, 0.3) is 0 Å². The first-order chi connectivity index (χ1) is 10.0. The summed E-state index contributed by atoms with van der Waals surface area (Å²) in [6.45, 7) is 8.55. The van der Waals surface area contributed by atoms with Crippen molar-refractivity contribution in [2.24, 2.45) is 11.8 Å². The van der Waals surface area contributed by atoms with E-state index in [1.54, 1.807) is 12.4 Å². The summed E-state index contributed by atoms with van der Waals surface area (Å²) >= 11 is 0. The standard InChI is InChI=1S/C16H27N3O2.ClH/c1-10(2)13-5-6-14(19-15(13)9-20)16-17-7-12(8-18-16)21-11(3)4;/h7-8,10-11,13-15,19-20H,5-6,9H2,1-4H3;1H. The molecule has 126 valence electrons. The molecular formula is C16H28ClN3O2. The van der Waals surface area contributed by atoms with Crippen molar-refractivity contribution in [1.29, 1.82) is 0 Å². The summed E-state index contributed by atoms with van der Waals surface area (Å²) in [6, 6.07) is 0.240. The van der Waals surface area contributed by atoms with E-state index in [-0.39, 0.29) is 37.2 Å². The molecule has 1 aromatic heterocycles. The molecule has 3 unspecified atom stereocenters. The van der Waals surface area contributed by atoms with Crippen LogP contribution in [0.4, 0.5) is 0 Å². The minimum atomic E-state index is 0. The number of ether oxygens (including phenoxy) is 1. The summed E-state index contributed by atoms with van der Waals surface area (Å²) in [4.78, 5) is 8.83. The topological polar surface area (TPSA) is 67.3 Å². The number of aliphatic hydroxyl groups is 1. The summed E-state index contributed by atoms with van der Waals surface area (Å²) < 4.78 is 5.56. The van der Waals surface area contributed by atoms with E-state index in [2.05, 4.69) is 29.1 Å². The third-order valence-electron chi connectivity index (χ3n) is 4.11. The van der Waals surface area contributed by atoms with Gasteiger partial charge in [-0.25, -0.2) is 9.97 Å². The fourth-order valence-electron chi connectivity index (χ4n) is 3.05. The van der Waals surface area contributed by atoms with Crippen molar-refractivity contribution < 1.29 is 9.84 Å². The number of hydrogen-bond donors (Lipinski definition) is 2. The highest BCUT2D eigenvalue weighted by molar-refractivity contribution is 5.85. The van der Waals surface area contributed by atoms with Crippen molar-refractivity contribution in [1.82, 2.24) is 15.3 Å². The molecular weight excluding hydrogens is 302 g/mol. The number of nitrogens with zero attached hydrogens (tertiary/aromatic N) is 2. The first-order valence-corrected chi connectivity index (χ1v) is 7.86. The van der Waals surface area contributed by atoms with E-state index in [0.29, 0.717) is 17.6 Å². The minimum Gasteiger partial charge on any atom is -0.488 e. The maximum Gasteiger partial charge on any atom is 0.156 e. The molecule has 0 saturated carbocycles. The lowest BCUT2D eigenvalue weighted by molar-refractivity contribution is 0.117. The molecule has 2 heterocycles. The van der Waals surface area contributed by atoms with Crippen molar-refractivity contribution in [3.63, 3.8) is 0 Å². The molecule has 3 atom stereocenters. The predicted molar refractivity (Wildman–Crippen MR) is 89.4 cm³/mol. The zero-order valence-electron chi connectivity index (χ0n) is 13.8. The molecule has 0 aromatic carbocycles. The summed E-state index contributed by atoms with van der Waals surface area (Å²) in [5, 5.41) is 13.1. The second-order valence-corrected chi connectivity index (χ2v) is 6.44. The van der Waals surface area contributed by atoms with E-state index in [0.717, 1.165) is 18.7 Å². The van der Waals surface area contributed by atoms with Crippen LogP contribution < -0.4 is 10.1 Å². The smallest absolute Gasteiger partial charge is 0.156 e. The van der Waals surface area contributed by atoms with E-state index in [1.807, 2.05) is 13.8 Å². The maximum atomic E-state index is 9.59. The number of aliphatic hydroxyl groups excluding tert-OH is 1. The van der Waals surface area contributed by atoms with Gasteiger partial charge < -0.3 is 15.2 Å². The molecule has 0 radical (unpaired) electrons. The Labute approximate surface area is 139 Å². The zero-order chi connectivity index (χ0) is 15.4. The monoisotopic (exact) mass is 329 g/mol. The molecule has 0 bridgehead atoms. The summed E-state index contributed by atoms with van der Waals surface area (Å²) in [6.07, 6.45) is 5.68. The second kappa shape index (κ2) is 8.65. The van der Waals surface area contributed by atoms with Gasteiger partial charge in [0.1, 0.15) is 5.82 Å². The van der Waals surface area contributed by atoms with Crippen LogP contribution in [-0.4, -0.2) is 33.8 Å². The molecule has 0 spiro atoms. The molecule has 2 rings (SSSR count). The van der Waals surface area contributed by atoms with Gasteiger partial charge in [0.25, 0.3) is 0 Å². The van der Waals surface area contributed by atoms with Gasteiger partial charge in [-0.15, -0.1) is 12.4 Å². The average Bonchev–Trinajstić information content (AvgIpc) is 2.46. The van der Waals surface area contributed by atoms with Crippen molar-refractivity contribution in [2.45, 2.75) is 58.7 Å². The Bertz CT molecular complexity index is 440. The van der Waals surface area contributed by atoms with E-state index in [9.17, 15) is 5.11 Å². The molecule has 0 amide bonds. The molecule has 0 aliphatic carbocycles. The molecule has 2 N–H and O–H groups in total. The molecule has 5 nitrogen and oxygen atoms in total. The van der Waals surface area contributed by atoms with Gasteiger partial charge in [0.2, 0.25) is 0 Å². The molecule has 1 aliphatic rings. The summed E-state index contributed by atoms with van der Waals surface area (Å²) in [5.74, 6) is 2.56. The Morgan fingerprint density at radius 3 is 2.36 bits per heavy atom. The highest BCUT2D eigenvalue weighted by Crippen LogP contribution is 2.32. The Morgan fingerprint density at radius 2 is 1.86 bits per heavy atom. The van der Waals surface area contributed by atoms with Crippen molar-refractivity contribution in [2.75, 3.05) is 6.61 Å². The van der Waals surface area contributed by atoms with Crippen LogP contribution >= 0.6 is 12.4 Å². The highest BCUT2D eigenvalue weighted by atomic mass is 35.5. The predicted octanol–water partition coefficient (Wildman–Crippen LogP) is 2.74. The molecule has 6 heteroatoms. The van der Waals surface area contributed by atoms with Crippen LogP contribution in [0, 0.1) is 11.8 Å². The van der Waals surface area contributed by atoms with Gasteiger partial charge in [0, 0.05) is 6.04 Å². The SMILES string of the molecule is CC(C)Oc1cnc(C2CCC(C(C)C)C(CO)N2)nc1.Cl. The van der Waals surface area contributed by atoms with Crippen LogP contribution in [0.3, 0.4) is 0 Å². The number of rotatable bonds is 5. The van der Waals surface area contributed by atoms with Crippen LogP contribution in [0.5, 0.6) is 5.75 Å². The van der Waals surface area contributed by atoms with E-state index < -0.39 is 0 Å². The normalized spacial score (nSPS) is 25.1. The van der Waals surface area contributed by atoms with Gasteiger partial charge in [-0.2, -0.15) is 0 Å². The fraction of sp³-hybridized carbons (Fsp3) is 0.750. The zero-order valence-corrected chi connectivity index (χ0v) is 14.6. The van der Waals surface area contributed by atoms with Crippen molar-refractivity contribution in [3.8, 4) is 5.75 Å². The van der Waals surface area contributed by atoms with Gasteiger partial charge in [-0.3, -0.25) is 0 Å². The lowest BCUT2D eigenvalue weighted by Crippen LogP contribution is -2.47. The Balaban J connectivity index is 0.00000242. The fourth-order valence-corrected chi connectivity index (χ4v) is 3.05. The molecule has 1 fully saturated rings. The lowest BCUT2D eigenvalue weighted by Gasteiger charge is -2.38. The molecule has 1 aliphatic heterocycles. The number of halogens is 1. The van der Waals surface area contributed by atoms with E-state index in [1.165, 1.54) is 0 Å². The minimum absolute atomic E-state index is 0. The van der Waals surface area contributed by atoms with Crippen molar-refractivity contribution >= 4 is 12.4 Å². The average molecular weight is 330 g/mol. The molecule has 1 aromatic rings. The Hall–Kier alpha value is -0.910. The van der Waals surface area contributed by atoms with Gasteiger partial charge in [0.15, 0.2) is 5.75 Å². The lowest BCUT2D eigenvalue weighted by atomic mass is 9.80. The number of hydrogen-bond acceptors (Lipinski definition) is 5. The van der Waals surface area contributed by atoms with Crippen molar-refractivity contribution in [3.05, 3.63) is 18.2 Å². The van der Waals surface area contributed by atoms with E-state index in [4.69, 9.17) is 4.74 Å². The first kappa shape index (κ1) is 19.1. The van der Waals surface area contributed by atoms with E-state index >= 15 is 0 Å². The van der Waals surface area contributed by atoms with Gasteiger partial charge in [-0.05, 0) is 38.5 Å². The maximum absolute atomic E-state index is 9.59. The molecule has 1 saturated heterocycles. The number of piperidine rings is 1. The third-order valence-corrected chi connectivity index (χ3v) is 4.11. The number of nitrogens with one attached hydrogen (secondary N) is 1. The highest BCUT2D eigenvalue weighted by Gasteiger charge is 2.32. The third kappa shape index (κ3) is 4.80. The van der Waals surface area contributed by atoms with Crippen LogP contribution in [0.1, 0.15) is 52.4 Å². The molecule has 22 heavy (non-hydrogen) atoms. The van der Waals surface area contributed by atoms with Crippen LogP contribution in [0.15, 0.2) is 12.4 Å².